The second kappa shape index (κ2) is 9.19. The second-order valence-electron chi connectivity index (χ2n) is 4.72. The number of rotatable bonds is 7. The molecule has 1 aromatic heterocycles. The SMILES string of the molecule is O=C(COC(=O)Cc1cccs1)NCC(=O)Nc1ccccc1Br. The van der Waals surface area contributed by atoms with Gasteiger partial charge in [-0.3, -0.25) is 14.4 Å². The normalized spacial score (nSPS) is 10.0. The molecule has 1 heterocycles. The van der Waals surface area contributed by atoms with E-state index in [1.807, 2.05) is 23.6 Å². The van der Waals surface area contributed by atoms with Gasteiger partial charge in [0.05, 0.1) is 18.7 Å². The van der Waals surface area contributed by atoms with Gasteiger partial charge in [-0.15, -0.1) is 11.3 Å². The zero-order valence-corrected chi connectivity index (χ0v) is 15.0. The molecule has 0 spiro atoms. The highest BCUT2D eigenvalue weighted by Gasteiger charge is 2.11. The Bertz CT molecular complexity index is 719. The van der Waals surface area contributed by atoms with Crippen LogP contribution >= 0.6 is 27.3 Å². The van der Waals surface area contributed by atoms with Crippen molar-refractivity contribution in [2.24, 2.45) is 0 Å². The Labute approximate surface area is 151 Å². The van der Waals surface area contributed by atoms with E-state index in [4.69, 9.17) is 4.74 Å². The molecule has 0 aliphatic rings. The summed E-state index contributed by atoms with van der Waals surface area (Å²) in [6.45, 7) is -0.616. The number of thiophene rings is 1. The number of amides is 2. The third-order valence-electron chi connectivity index (χ3n) is 2.86. The number of carbonyl (C=O) groups excluding carboxylic acids is 3. The fourth-order valence-corrected chi connectivity index (χ4v) is 2.81. The molecular formula is C16H15BrN2O4S. The first-order valence-corrected chi connectivity index (χ1v) is 8.71. The van der Waals surface area contributed by atoms with E-state index in [1.54, 1.807) is 18.2 Å². The van der Waals surface area contributed by atoms with Crippen LogP contribution in [-0.2, 0) is 25.5 Å². The van der Waals surface area contributed by atoms with Crippen LogP contribution in [0.4, 0.5) is 5.69 Å². The number of anilines is 1. The third-order valence-corrected chi connectivity index (χ3v) is 4.42. The van der Waals surface area contributed by atoms with Crippen molar-refractivity contribution in [2.45, 2.75) is 6.42 Å². The van der Waals surface area contributed by atoms with Crippen molar-refractivity contribution >= 4 is 50.7 Å². The zero-order chi connectivity index (χ0) is 17.4. The number of para-hydroxylation sites is 1. The fraction of sp³-hybridized carbons (Fsp3) is 0.188. The average molecular weight is 411 g/mol. The number of carbonyl (C=O) groups is 3. The van der Waals surface area contributed by atoms with E-state index in [2.05, 4.69) is 26.6 Å². The van der Waals surface area contributed by atoms with E-state index in [0.29, 0.717) is 5.69 Å². The lowest BCUT2D eigenvalue weighted by atomic mass is 10.3. The quantitative estimate of drug-likeness (QED) is 0.686. The molecule has 0 atom stereocenters. The highest BCUT2D eigenvalue weighted by Crippen LogP contribution is 2.20. The monoisotopic (exact) mass is 410 g/mol. The molecular weight excluding hydrogens is 396 g/mol. The number of hydrogen-bond donors (Lipinski definition) is 2. The van der Waals surface area contributed by atoms with Crippen molar-refractivity contribution in [2.75, 3.05) is 18.5 Å². The van der Waals surface area contributed by atoms with Crippen molar-refractivity contribution in [1.29, 1.82) is 0 Å². The summed E-state index contributed by atoms with van der Waals surface area (Å²) in [7, 11) is 0. The Balaban J connectivity index is 1.66. The molecule has 0 radical (unpaired) electrons. The topological polar surface area (TPSA) is 84.5 Å². The highest BCUT2D eigenvalue weighted by molar-refractivity contribution is 9.10. The van der Waals surface area contributed by atoms with Gasteiger partial charge in [-0.05, 0) is 39.5 Å². The summed E-state index contributed by atoms with van der Waals surface area (Å²) in [5.41, 5.74) is 0.610. The van der Waals surface area contributed by atoms with Crippen LogP contribution in [0, 0.1) is 0 Å². The maximum absolute atomic E-state index is 11.8. The van der Waals surface area contributed by atoms with E-state index >= 15 is 0 Å². The molecule has 2 amide bonds. The Morgan fingerprint density at radius 3 is 2.58 bits per heavy atom. The first-order chi connectivity index (χ1) is 11.5. The van der Waals surface area contributed by atoms with Crippen LogP contribution in [0.1, 0.15) is 4.88 Å². The molecule has 0 aliphatic carbocycles. The summed E-state index contributed by atoms with van der Waals surface area (Å²) < 4.78 is 5.61. The van der Waals surface area contributed by atoms with Gasteiger partial charge in [-0.25, -0.2) is 0 Å². The van der Waals surface area contributed by atoms with E-state index in [1.165, 1.54) is 11.3 Å². The number of halogens is 1. The van der Waals surface area contributed by atoms with E-state index in [9.17, 15) is 14.4 Å². The van der Waals surface area contributed by atoms with Crippen LogP contribution in [0.2, 0.25) is 0 Å². The zero-order valence-electron chi connectivity index (χ0n) is 12.6. The maximum Gasteiger partial charge on any atom is 0.311 e. The van der Waals surface area contributed by atoms with Crippen molar-refractivity contribution in [3.05, 3.63) is 51.1 Å². The Kier molecular flexibility index (Phi) is 6.95. The molecule has 2 N–H and O–H groups in total. The minimum atomic E-state index is -0.531. The van der Waals surface area contributed by atoms with Crippen LogP contribution in [0.3, 0.4) is 0 Å². The average Bonchev–Trinajstić information content (AvgIpc) is 3.06. The molecule has 6 nitrogen and oxygen atoms in total. The summed E-state index contributed by atoms with van der Waals surface area (Å²) in [5, 5.41) is 6.91. The summed E-state index contributed by atoms with van der Waals surface area (Å²) in [6.07, 6.45) is 0.132. The highest BCUT2D eigenvalue weighted by atomic mass is 79.9. The van der Waals surface area contributed by atoms with Crippen LogP contribution in [0.5, 0.6) is 0 Å². The lowest BCUT2D eigenvalue weighted by Crippen LogP contribution is -2.35. The Morgan fingerprint density at radius 1 is 1.08 bits per heavy atom. The molecule has 24 heavy (non-hydrogen) atoms. The molecule has 0 fully saturated rings. The van der Waals surface area contributed by atoms with E-state index in [-0.39, 0.29) is 18.9 Å². The molecule has 0 aliphatic heterocycles. The summed E-state index contributed by atoms with van der Waals surface area (Å²) in [5.74, 6) is -1.39. The van der Waals surface area contributed by atoms with Gasteiger partial charge in [0.25, 0.3) is 5.91 Å². The lowest BCUT2D eigenvalue weighted by molar-refractivity contribution is -0.147. The van der Waals surface area contributed by atoms with Gasteiger partial charge in [-0.2, -0.15) is 0 Å². The lowest BCUT2D eigenvalue weighted by Gasteiger charge is -2.08. The minimum absolute atomic E-state index is 0.132. The van der Waals surface area contributed by atoms with Crippen LogP contribution in [-0.4, -0.2) is 30.9 Å². The molecule has 8 heteroatoms. The molecule has 2 aromatic rings. The standard InChI is InChI=1S/C16H15BrN2O4S/c17-12-5-1-2-6-13(12)19-14(20)9-18-15(21)10-23-16(22)8-11-4-3-7-24-11/h1-7H,8-10H2,(H,18,21)(H,19,20). The van der Waals surface area contributed by atoms with Gasteiger partial charge in [0.2, 0.25) is 5.91 Å². The molecule has 1 aromatic carbocycles. The first-order valence-electron chi connectivity index (χ1n) is 7.03. The fourth-order valence-electron chi connectivity index (χ4n) is 1.74. The van der Waals surface area contributed by atoms with Crippen molar-refractivity contribution in [3.8, 4) is 0 Å². The summed E-state index contributed by atoms with van der Waals surface area (Å²) >= 11 is 4.75. The molecule has 0 bridgehead atoms. The summed E-state index contributed by atoms with van der Waals surface area (Å²) in [4.78, 5) is 35.8. The van der Waals surface area contributed by atoms with Gasteiger partial charge in [0.15, 0.2) is 6.61 Å². The molecule has 2 rings (SSSR count). The maximum atomic E-state index is 11.8. The van der Waals surface area contributed by atoms with Crippen molar-refractivity contribution < 1.29 is 19.1 Å². The van der Waals surface area contributed by atoms with Crippen LogP contribution in [0.25, 0.3) is 0 Å². The van der Waals surface area contributed by atoms with Crippen LogP contribution in [0.15, 0.2) is 46.3 Å². The number of nitrogens with one attached hydrogen (secondary N) is 2. The van der Waals surface area contributed by atoms with Gasteiger partial charge in [0, 0.05) is 9.35 Å². The molecule has 0 saturated carbocycles. The Morgan fingerprint density at radius 2 is 1.88 bits per heavy atom. The first kappa shape index (κ1) is 18.2. The molecule has 126 valence electrons. The van der Waals surface area contributed by atoms with Crippen LogP contribution < -0.4 is 10.6 Å². The van der Waals surface area contributed by atoms with Gasteiger partial charge < -0.3 is 15.4 Å². The second-order valence-corrected chi connectivity index (χ2v) is 6.61. The van der Waals surface area contributed by atoms with Gasteiger partial charge in [0.1, 0.15) is 0 Å². The predicted octanol–water partition coefficient (Wildman–Crippen LogP) is 2.35. The van der Waals surface area contributed by atoms with Gasteiger partial charge in [-0.1, -0.05) is 18.2 Å². The largest absolute Gasteiger partial charge is 0.455 e. The summed E-state index contributed by atoms with van der Waals surface area (Å²) in [6, 6.07) is 10.8. The van der Waals surface area contributed by atoms with Gasteiger partial charge >= 0.3 is 5.97 Å². The predicted molar refractivity (Wildman–Crippen MR) is 94.8 cm³/mol. The van der Waals surface area contributed by atoms with Crippen molar-refractivity contribution in [1.82, 2.24) is 5.32 Å². The van der Waals surface area contributed by atoms with E-state index < -0.39 is 18.5 Å². The van der Waals surface area contributed by atoms with E-state index in [0.717, 1.165) is 9.35 Å². The number of hydrogen-bond acceptors (Lipinski definition) is 5. The third kappa shape index (κ3) is 6.13. The number of esters is 1. The Hall–Kier alpha value is -2.19. The smallest absolute Gasteiger partial charge is 0.311 e. The molecule has 0 saturated heterocycles. The molecule has 0 unspecified atom stereocenters. The number of benzene rings is 1. The van der Waals surface area contributed by atoms with Crippen molar-refractivity contribution in [3.63, 3.8) is 0 Å². The number of ether oxygens (including phenoxy) is 1. The minimum Gasteiger partial charge on any atom is -0.455 e.